The molecule has 1 aromatic carbocycles. The van der Waals surface area contributed by atoms with Gasteiger partial charge in [0.2, 0.25) is 11.3 Å². The molecule has 31 heavy (non-hydrogen) atoms. The second-order valence-corrected chi connectivity index (χ2v) is 7.59. The molecule has 0 saturated carbocycles. The lowest BCUT2D eigenvalue weighted by molar-refractivity contribution is -0.125. The van der Waals surface area contributed by atoms with Crippen molar-refractivity contribution in [3.05, 3.63) is 63.8 Å². The minimum absolute atomic E-state index is 0.00835. The zero-order chi connectivity index (χ0) is 22.4. The van der Waals surface area contributed by atoms with Crippen LogP contribution in [0.25, 0.3) is 0 Å². The van der Waals surface area contributed by atoms with Crippen LogP contribution in [0, 0.1) is 11.7 Å². The molecule has 0 fully saturated rings. The van der Waals surface area contributed by atoms with Gasteiger partial charge in [-0.1, -0.05) is 26.0 Å². The van der Waals surface area contributed by atoms with Crippen LogP contribution in [0.4, 0.5) is 4.39 Å². The van der Waals surface area contributed by atoms with Crippen LogP contribution in [-0.2, 0) is 17.9 Å². The third kappa shape index (κ3) is 5.51. The van der Waals surface area contributed by atoms with E-state index in [-0.39, 0.29) is 41.3 Å². The lowest BCUT2D eigenvalue weighted by Gasteiger charge is -2.30. The number of carbonyl (C=O) groups is 2. The number of ether oxygens (including phenoxy) is 1. The zero-order valence-electron chi connectivity index (χ0n) is 17.9. The highest BCUT2D eigenvalue weighted by molar-refractivity contribution is 5.93. The second kappa shape index (κ2) is 10.2. The summed E-state index contributed by atoms with van der Waals surface area (Å²) in [6.45, 7) is 5.86. The molecule has 0 unspecified atom stereocenters. The van der Waals surface area contributed by atoms with Crippen LogP contribution in [0.2, 0.25) is 0 Å². The minimum atomic E-state index is -0.384. The molecule has 2 amide bonds. The Bertz CT molecular complexity index is 983. The standard InChI is InChI=1S/C23H28FN3O4/c1-3-17(4-2)22(29)25-9-10-26-11-12-27-14-21(20(28)13-19(27)23(26)30)31-15-16-5-7-18(24)8-6-16/h5-8,13-14,17H,3-4,9-12,15H2,1-2H3,(H,25,29). The topological polar surface area (TPSA) is 80.6 Å². The van der Waals surface area contributed by atoms with Gasteiger partial charge in [0.1, 0.15) is 18.1 Å². The molecule has 2 heterocycles. The molecule has 0 spiro atoms. The van der Waals surface area contributed by atoms with Crippen LogP contribution >= 0.6 is 0 Å². The fourth-order valence-electron chi connectivity index (χ4n) is 3.60. The molecule has 7 nitrogen and oxygen atoms in total. The lowest BCUT2D eigenvalue weighted by Crippen LogP contribution is -2.45. The molecule has 0 bridgehead atoms. The maximum Gasteiger partial charge on any atom is 0.270 e. The first-order chi connectivity index (χ1) is 14.9. The van der Waals surface area contributed by atoms with Crippen molar-refractivity contribution in [2.45, 2.75) is 39.8 Å². The highest BCUT2D eigenvalue weighted by atomic mass is 19.1. The number of nitrogens with one attached hydrogen (secondary N) is 1. The van der Waals surface area contributed by atoms with E-state index < -0.39 is 0 Å². The van der Waals surface area contributed by atoms with Gasteiger partial charge < -0.3 is 19.5 Å². The number of nitrogens with zero attached hydrogens (tertiary/aromatic N) is 2. The fraction of sp³-hybridized carbons (Fsp3) is 0.435. The third-order valence-corrected chi connectivity index (χ3v) is 5.56. The summed E-state index contributed by atoms with van der Waals surface area (Å²) >= 11 is 0. The first kappa shape index (κ1) is 22.5. The Morgan fingerprint density at radius 1 is 1.16 bits per heavy atom. The van der Waals surface area contributed by atoms with Crippen molar-refractivity contribution in [2.75, 3.05) is 19.6 Å². The van der Waals surface area contributed by atoms with Crippen LogP contribution in [0.1, 0.15) is 42.7 Å². The summed E-state index contributed by atoms with van der Waals surface area (Å²) in [6.07, 6.45) is 3.12. The minimum Gasteiger partial charge on any atom is -0.483 e. The van der Waals surface area contributed by atoms with E-state index in [0.29, 0.717) is 31.9 Å². The SMILES string of the molecule is CCC(CC)C(=O)NCCN1CCn2cc(OCc3ccc(F)cc3)c(=O)cc2C1=O. The molecule has 0 radical (unpaired) electrons. The Morgan fingerprint density at radius 3 is 2.55 bits per heavy atom. The highest BCUT2D eigenvalue weighted by Crippen LogP contribution is 2.16. The number of aromatic nitrogens is 1. The van der Waals surface area contributed by atoms with Crippen molar-refractivity contribution in [2.24, 2.45) is 5.92 Å². The van der Waals surface area contributed by atoms with E-state index >= 15 is 0 Å². The fourth-order valence-corrected chi connectivity index (χ4v) is 3.60. The number of pyridine rings is 1. The van der Waals surface area contributed by atoms with Gasteiger partial charge in [0.25, 0.3) is 5.91 Å². The number of hydrogen-bond acceptors (Lipinski definition) is 4. The van der Waals surface area contributed by atoms with Crippen molar-refractivity contribution in [1.82, 2.24) is 14.8 Å². The zero-order valence-corrected chi connectivity index (χ0v) is 17.9. The van der Waals surface area contributed by atoms with E-state index in [2.05, 4.69) is 5.32 Å². The predicted octanol–water partition coefficient (Wildman–Crippen LogP) is 2.57. The maximum atomic E-state index is 13.0. The molecular formula is C23H28FN3O4. The van der Waals surface area contributed by atoms with E-state index in [4.69, 9.17) is 4.74 Å². The normalized spacial score (nSPS) is 13.3. The van der Waals surface area contributed by atoms with Gasteiger partial charge >= 0.3 is 0 Å². The molecule has 3 rings (SSSR count). The summed E-state index contributed by atoms with van der Waals surface area (Å²) in [5.41, 5.74) is 0.656. The molecular weight excluding hydrogens is 401 g/mol. The summed E-state index contributed by atoms with van der Waals surface area (Å²) in [4.78, 5) is 39.0. The highest BCUT2D eigenvalue weighted by Gasteiger charge is 2.25. The number of amides is 2. The van der Waals surface area contributed by atoms with E-state index in [1.165, 1.54) is 18.2 Å². The van der Waals surface area contributed by atoms with Crippen molar-refractivity contribution < 1.29 is 18.7 Å². The molecule has 1 N–H and O–H groups in total. The second-order valence-electron chi connectivity index (χ2n) is 7.59. The van der Waals surface area contributed by atoms with E-state index in [1.54, 1.807) is 27.8 Å². The lowest BCUT2D eigenvalue weighted by atomic mass is 10.0. The maximum absolute atomic E-state index is 13.0. The Hall–Kier alpha value is -3.16. The Morgan fingerprint density at radius 2 is 1.87 bits per heavy atom. The van der Waals surface area contributed by atoms with Gasteiger partial charge in [-0.25, -0.2) is 4.39 Å². The molecule has 1 aliphatic rings. The smallest absolute Gasteiger partial charge is 0.270 e. The summed E-state index contributed by atoms with van der Waals surface area (Å²) in [6, 6.07) is 7.14. The van der Waals surface area contributed by atoms with Crippen LogP contribution in [0.15, 0.2) is 41.3 Å². The monoisotopic (exact) mass is 429 g/mol. The summed E-state index contributed by atoms with van der Waals surface area (Å²) in [7, 11) is 0. The van der Waals surface area contributed by atoms with Crippen molar-refractivity contribution in [3.8, 4) is 5.75 Å². The quantitative estimate of drug-likeness (QED) is 0.664. The van der Waals surface area contributed by atoms with Crippen molar-refractivity contribution >= 4 is 11.8 Å². The number of benzene rings is 1. The van der Waals surface area contributed by atoms with Gasteiger partial charge in [0, 0.05) is 38.2 Å². The summed E-state index contributed by atoms with van der Waals surface area (Å²) in [5, 5.41) is 2.89. The van der Waals surface area contributed by atoms with Crippen molar-refractivity contribution in [3.63, 3.8) is 0 Å². The van der Waals surface area contributed by atoms with E-state index in [0.717, 1.165) is 18.4 Å². The average Bonchev–Trinajstić information content (AvgIpc) is 2.76. The van der Waals surface area contributed by atoms with Gasteiger partial charge in [-0.15, -0.1) is 0 Å². The summed E-state index contributed by atoms with van der Waals surface area (Å²) < 4.78 is 20.3. The van der Waals surface area contributed by atoms with E-state index in [1.807, 2.05) is 13.8 Å². The number of fused-ring (bicyclic) bond motifs is 1. The molecule has 166 valence electrons. The average molecular weight is 429 g/mol. The molecule has 0 atom stereocenters. The predicted molar refractivity (Wildman–Crippen MR) is 114 cm³/mol. The molecule has 2 aromatic rings. The third-order valence-electron chi connectivity index (χ3n) is 5.56. The van der Waals surface area contributed by atoms with Crippen molar-refractivity contribution in [1.29, 1.82) is 0 Å². The first-order valence-electron chi connectivity index (χ1n) is 10.6. The number of hydrogen-bond donors (Lipinski definition) is 1. The Balaban J connectivity index is 1.60. The number of rotatable bonds is 9. The molecule has 1 aromatic heterocycles. The number of carbonyl (C=O) groups excluding carboxylic acids is 2. The van der Waals surface area contributed by atoms with Gasteiger partial charge in [0.15, 0.2) is 5.75 Å². The Kier molecular flexibility index (Phi) is 7.44. The van der Waals surface area contributed by atoms with Crippen LogP contribution < -0.4 is 15.5 Å². The van der Waals surface area contributed by atoms with Crippen LogP contribution in [-0.4, -0.2) is 40.9 Å². The van der Waals surface area contributed by atoms with Gasteiger partial charge in [-0.3, -0.25) is 14.4 Å². The molecule has 8 heteroatoms. The van der Waals surface area contributed by atoms with E-state index in [9.17, 15) is 18.8 Å². The number of halogens is 1. The van der Waals surface area contributed by atoms with Gasteiger partial charge in [0.05, 0.1) is 6.20 Å². The molecule has 1 aliphatic heterocycles. The van der Waals surface area contributed by atoms with Gasteiger partial charge in [-0.05, 0) is 30.5 Å². The molecule has 0 aliphatic carbocycles. The first-order valence-corrected chi connectivity index (χ1v) is 10.6. The largest absolute Gasteiger partial charge is 0.483 e. The Labute approximate surface area is 180 Å². The van der Waals surface area contributed by atoms with Crippen LogP contribution in [0.3, 0.4) is 0 Å². The van der Waals surface area contributed by atoms with Crippen LogP contribution in [0.5, 0.6) is 5.75 Å². The summed E-state index contributed by atoms with van der Waals surface area (Å²) in [5.74, 6) is -0.438. The molecule has 0 saturated heterocycles. The van der Waals surface area contributed by atoms with Gasteiger partial charge in [-0.2, -0.15) is 0 Å².